The predicted octanol–water partition coefficient (Wildman–Crippen LogP) is 6.83. The third-order valence-corrected chi connectivity index (χ3v) is 7.92. The summed E-state index contributed by atoms with van der Waals surface area (Å²) in [5.41, 5.74) is 4.03. The van der Waals surface area contributed by atoms with Crippen molar-refractivity contribution in [2.45, 2.75) is 52.1 Å². The molecule has 11 heteroatoms. The fourth-order valence-electron chi connectivity index (χ4n) is 5.22. The van der Waals surface area contributed by atoms with Gasteiger partial charge in [0.2, 0.25) is 5.91 Å². The number of para-hydroxylation sites is 1. The number of carbonyl (C=O) groups excluding carboxylic acids is 3. The average Bonchev–Trinajstić information content (AvgIpc) is 3.07. The molecule has 0 spiro atoms. The lowest BCUT2D eigenvalue weighted by molar-refractivity contribution is -0.121. The van der Waals surface area contributed by atoms with Gasteiger partial charge in [-0.05, 0) is 83.1 Å². The van der Waals surface area contributed by atoms with Crippen LogP contribution in [0.2, 0.25) is 0 Å². The normalized spacial score (nSPS) is 11.6. The predicted molar refractivity (Wildman–Crippen MR) is 189 cm³/mol. The van der Waals surface area contributed by atoms with Crippen LogP contribution in [0.25, 0.3) is 0 Å². The highest BCUT2D eigenvalue weighted by molar-refractivity contribution is 6.00. The van der Waals surface area contributed by atoms with Crippen molar-refractivity contribution >= 4 is 35.2 Å². The van der Waals surface area contributed by atoms with E-state index in [9.17, 15) is 24.3 Å². The van der Waals surface area contributed by atoms with Gasteiger partial charge in [-0.25, -0.2) is 9.59 Å². The van der Waals surface area contributed by atoms with Crippen LogP contribution in [0.3, 0.4) is 0 Å². The van der Waals surface area contributed by atoms with E-state index in [1.54, 1.807) is 48.5 Å². The molecule has 49 heavy (non-hydrogen) atoms. The SMILES string of the molecule is COc1ccc(C(CC(=O)NCc2ccc(NC(=O)Nc3ccccc3C)cc2)NC(=O)c2ccc(C(=O)O)c(C(C)(C)C)c2)cc1OC. The molecule has 0 aliphatic carbocycles. The quantitative estimate of drug-likeness (QED) is 0.111. The first-order valence-corrected chi connectivity index (χ1v) is 15.7. The van der Waals surface area contributed by atoms with E-state index < -0.39 is 23.3 Å². The zero-order chi connectivity index (χ0) is 35.7. The standard InChI is InChI=1S/C38H42N4O7/c1-23-9-7-8-10-30(23)42-37(47)40-27-15-11-24(12-16-27)22-39-34(43)21-31(25-14-18-32(48-5)33(20-25)49-6)41-35(44)26-13-17-28(36(45)46)29(19-26)38(2,3)4/h7-20,31H,21-22H2,1-6H3,(H,39,43)(H,41,44)(H,45,46)(H2,40,42,47). The van der Waals surface area contributed by atoms with Crippen LogP contribution in [0, 0.1) is 6.92 Å². The number of ether oxygens (including phenoxy) is 2. The molecule has 4 aromatic rings. The van der Waals surface area contributed by atoms with Gasteiger partial charge in [0.25, 0.3) is 5.91 Å². The Morgan fingerprint density at radius 3 is 2.14 bits per heavy atom. The zero-order valence-electron chi connectivity index (χ0n) is 28.5. The van der Waals surface area contributed by atoms with Crippen LogP contribution in [-0.2, 0) is 16.8 Å². The van der Waals surface area contributed by atoms with Crippen molar-refractivity contribution < 1.29 is 33.8 Å². The Labute approximate surface area is 286 Å². The summed E-state index contributed by atoms with van der Waals surface area (Å²) < 4.78 is 10.8. The highest BCUT2D eigenvalue weighted by Crippen LogP contribution is 2.32. The number of aromatic carboxylic acids is 1. The molecule has 0 aliphatic rings. The number of carboxylic acids is 1. The number of benzene rings is 4. The van der Waals surface area contributed by atoms with Crippen molar-refractivity contribution in [3.8, 4) is 11.5 Å². The highest BCUT2D eigenvalue weighted by Gasteiger charge is 2.25. The number of nitrogens with one attached hydrogen (secondary N) is 4. The number of rotatable bonds is 12. The number of aryl methyl sites for hydroxylation is 1. The minimum absolute atomic E-state index is 0.0979. The average molecular weight is 667 g/mol. The maximum atomic E-state index is 13.6. The number of carboxylic acid groups (broad SMARTS) is 1. The summed E-state index contributed by atoms with van der Waals surface area (Å²) in [7, 11) is 3.01. The van der Waals surface area contributed by atoms with E-state index in [0.29, 0.717) is 34.0 Å². The summed E-state index contributed by atoms with van der Waals surface area (Å²) in [5.74, 6) is -0.945. The Morgan fingerprint density at radius 2 is 1.51 bits per heavy atom. The molecule has 0 saturated heterocycles. The van der Waals surface area contributed by atoms with Gasteiger partial charge in [-0.15, -0.1) is 0 Å². The van der Waals surface area contributed by atoms with Crippen LogP contribution in [-0.4, -0.2) is 43.1 Å². The van der Waals surface area contributed by atoms with Gasteiger partial charge >= 0.3 is 12.0 Å². The van der Waals surface area contributed by atoms with Crippen molar-refractivity contribution in [3.05, 3.63) is 118 Å². The van der Waals surface area contributed by atoms with Crippen molar-refractivity contribution in [1.29, 1.82) is 0 Å². The molecule has 4 rings (SSSR count). The van der Waals surface area contributed by atoms with Crippen molar-refractivity contribution in [3.63, 3.8) is 0 Å². The van der Waals surface area contributed by atoms with Gasteiger partial charge in [0.1, 0.15) is 0 Å². The van der Waals surface area contributed by atoms with Gasteiger partial charge in [0.15, 0.2) is 11.5 Å². The molecule has 1 atom stereocenters. The lowest BCUT2D eigenvalue weighted by Gasteiger charge is -2.23. The molecule has 5 N–H and O–H groups in total. The van der Waals surface area contributed by atoms with E-state index in [0.717, 1.165) is 11.1 Å². The Balaban J connectivity index is 1.46. The van der Waals surface area contributed by atoms with E-state index in [-0.39, 0.29) is 36.0 Å². The second kappa shape index (κ2) is 15.8. The highest BCUT2D eigenvalue weighted by atomic mass is 16.5. The molecular formula is C38H42N4O7. The maximum Gasteiger partial charge on any atom is 0.335 e. The second-order valence-corrected chi connectivity index (χ2v) is 12.5. The minimum atomic E-state index is -1.08. The lowest BCUT2D eigenvalue weighted by atomic mass is 9.82. The summed E-state index contributed by atoms with van der Waals surface area (Å²) >= 11 is 0. The molecule has 0 bridgehead atoms. The van der Waals surface area contributed by atoms with E-state index in [1.165, 1.54) is 26.4 Å². The number of urea groups is 1. The van der Waals surface area contributed by atoms with Gasteiger partial charge in [0, 0.05) is 23.5 Å². The Kier molecular flexibility index (Phi) is 11.6. The molecule has 0 heterocycles. The zero-order valence-corrected chi connectivity index (χ0v) is 28.5. The molecule has 4 aromatic carbocycles. The molecule has 1 unspecified atom stereocenters. The van der Waals surface area contributed by atoms with Crippen molar-refractivity contribution in [1.82, 2.24) is 10.6 Å². The molecule has 0 aromatic heterocycles. The molecule has 256 valence electrons. The fraction of sp³-hybridized carbons (Fsp3) is 0.263. The first-order chi connectivity index (χ1) is 23.3. The number of methoxy groups -OCH3 is 2. The van der Waals surface area contributed by atoms with Crippen LogP contribution < -0.4 is 30.7 Å². The molecule has 4 amide bonds. The van der Waals surface area contributed by atoms with E-state index in [4.69, 9.17) is 9.47 Å². The van der Waals surface area contributed by atoms with Crippen LogP contribution in [0.5, 0.6) is 11.5 Å². The first kappa shape index (κ1) is 36.0. The molecule has 0 aliphatic heterocycles. The smallest absolute Gasteiger partial charge is 0.335 e. The van der Waals surface area contributed by atoms with Gasteiger partial charge < -0.3 is 35.8 Å². The van der Waals surface area contributed by atoms with E-state index in [1.807, 2.05) is 52.0 Å². The fourth-order valence-corrected chi connectivity index (χ4v) is 5.22. The Morgan fingerprint density at radius 1 is 0.816 bits per heavy atom. The molecule has 11 nitrogen and oxygen atoms in total. The third kappa shape index (κ3) is 9.60. The largest absolute Gasteiger partial charge is 0.493 e. The summed E-state index contributed by atoms with van der Waals surface area (Å²) in [4.78, 5) is 51.1. The summed E-state index contributed by atoms with van der Waals surface area (Å²) in [6.45, 7) is 7.75. The van der Waals surface area contributed by atoms with Gasteiger partial charge in [0.05, 0.1) is 32.2 Å². The Bertz CT molecular complexity index is 1830. The third-order valence-electron chi connectivity index (χ3n) is 7.92. The Hall–Kier alpha value is -5.84. The van der Waals surface area contributed by atoms with E-state index in [2.05, 4.69) is 21.3 Å². The lowest BCUT2D eigenvalue weighted by Crippen LogP contribution is -2.34. The molecule has 0 saturated carbocycles. The minimum Gasteiger partial charge on any atom is -0.493 e. The molecular weight excluding hydrogens is 624 g/mol. The van der Waals surface area contributed by atoms with Gasteiger partial charge in [-0.2, -0.15) is 0 Å². The summed E-state index contributed by atoms with van der Waals surface area (Å²) in [6, 6.07) is 23.0. The number of amides is 4. The van der Waals surface area contributed by atoms with Crippen LogP contribution in [0.15, 0.2) is 84.9 Å². The van der Waals surface area contributed by atoms with Crippen LogP contribution in [0.1, 0.15) is 76.2 Å². The van der Waals surface area contributed by atoms with Crippen molar-refractivity contribution in [2.75, 3.05) is 24.9 Å². The first-order valence-electron chi connectivity index (χ1n) is 15.7. The number of carbonyl (C=O) groups is 4. The monoisotopic (exact) mass is 666 g/mol. The van der Waals surface area contributed by atoms with Gasteiger partial charge in [-0.1, -0.05) is 57.2 Å². The van der Waals surface area contributed by atoms with Crippen molar-refractivity contribution in [2.24, 2.45) is 0 Å². The summed E-state index contributed by atoms with van der Waals surface area (Å²) in [6.07, 6.45) is -0.0979. The number of anilines is 2. The summed E-state index contributed by atoms with van der Waals surface area (Å²) in [5, 5.41) is 21.2. The van der Waals surface area contributed by atoms with Gasteiger partial charge in [-0.3, -0.25) is 9.59 Å². The second-order valence-electron chi connectivity index (χ2n) is 12.5. The van der Waals surface area contributed by atoms with Crippen LogP contribution >= 0.6 is 0 Å². The maximum absolute atomic E-state index is 13.6. The molecule has 0 fully saturated rings. The topological polar surface area (TPSA) is 155 Å². The van der Waals surface area contributed by atoms with E-state index >= 15 is 0 Å². The number of hydrogen-bond acceptors (Lipinski definition) is 6. The number of hydrogen-bond donors (Lipinski definition) is 5. The van der Waals surface area contributed by atoms with Crippen LogP contribution in [0.4, 0.5) is 16.2 Å². The molecule has 0 radical (unpaired) electrons.